The van der Waals surface area contributed by atoms with Crippen molar-refractivity contribution in [1.82, 2.24) is 9.47 Å². The largest absolute Gasteiger partial charge is 0.397 e. The number of anilines is 1. The fourth-order valence-electron chi connectivity index (χ4n) is 3.40. The Morgan fingerprint density at radius 2 is 2.22 bits per heavy atom. The van der Waals surface area contributed by atoms with Gasteiger partial charge in [0.1, 0.15) is 18.3 Å². The van der Waals surface area contributed by atoms with E-state index in [0.29, 0.717) is 17.4 Å². The Bertz CT molecular complexity index is 585. The molecule has 2 heterocycles. The Labute approximate surface area is 139 Å². The number of piperidine rings is 1. The van der Waals surface area contributed by atoms with Gasteiger partial charge in [-0.2, -0.15) is 5.26 Å². The lowest BCUT2D eigenvalue weighted by Gasteiger charge is -2.33. The van der Waals surface area contributed by atoms with Gasteiger partial charge in [0.15, 0.2) is 0 Å². The molecule has 0 saturated carbocycles. The van der Waals surface area contributed by atoms with E-state index in [0.717, 1.165) is 50.8 Å². The van der Waals surface area contributed by atoms with Gasteiger partial charge < -0.3 is 15.2 Å². The second-order valence-corrected chi connectivity index (χ2v) is 6.52. The van der Waals surface area contributed by atoms with Gasteiger partial charge in [0.2, 0.25) is 5.91 Å². The molecule has 0 aliphatic carbocycles. The first-order chi connectivity index (χ1) is 11.1. The van der Waals surface area contributed by atoms with Crippen LogP contribution in [0.25, 0.3) is 0 Å². The van der Waals surface area contributed by atoms with E-state index in [4.69, 9.17) is 5.73 Å². The van der Waals surface area contributed by atoms with Crippen LogP contribution in [0.1, 0.15) is 63.8 Å². The Kier molecular flexibility index (Phi) is 6.09. The van der Waals surface area contributed by atoms with Gasteiger partial charge in [-0.05, 0) is 45.1 Å². The van der Waals surface area contributed by atoms with Gasteiger partial charge in [-0.25, -0.2) is 0 Å². The van der Waals surface area contributed by atoms with Crippen molar-refractivity contribution in [1.29, 1.82) is 5.26 Å². The van der Waals surface area contributed by atoms with Crippen molar-refractivity contribution in [2.24, 2.45) is 0 Å². The predicted molar refractivity (Wildman–Crippen MR) is 91.8 cm³/mol. The molecule has 0 aromatic carbocycles. The lowest BCUT2D eigenvalue weighted by atomic mass is 10.0. The number of aromatic nitrogens is 1. The molecule has 5 nitrogen and oxygen atoms in total. The molecule has 5 heteroatoms. The quantitative estimate of drug-likeness (QED) is 0.819. The summed E-state index contributed by atoms with van der Waals surface area (Å²) in [5.41, 5.74) is 8.15. The summed E-state index contributed by atoms with van der Waals surface area (Å²) >= 11 is 0. The Balaban J connectivity index is 2.16. The van der Waals surface area contributed by atoms with Crippen molar-refractivity contribution in [3.8, 4) is 6.07 Å². The standard InChI is InChI=1S/C18H28N4O/c1-3-4-5-9-17-16(20)11-15(12-19)22(17)13-18(23)21-10-7-6-8-14(21)2/h11,14H,3-10,13,20H2,1-2H3. The van der Waals surface area contributed by atoms with Crippen LogP contribution in [0.5, 0.6) is 0 Å². The lowest BCUT2D eigenvalue weighted by molar-refractivity contribution is -0.135. The van der Waals surface area contributed by atoms with Crippen LogP contribution in [0.4, 0.5) is 5.69 Å². The van der Waals surface area contributed by atoms with Crippen molar-refractivity contribution in [3.63, 3.8) is 0 Å². The Morgan fingerprint density at radius 3 is 2.87 bits per heavy atom. The van der Waals surface area contributed by atoms with Gasteiger partial charge in [-0.3, -0.25) is 4.79 Å². The van der Waals surface area contributed by atoms with Crippen molar-refractivity contribution < 1.29 is 4.79 Å². The first-order valence-corrected chi connectivity index (χ1v) is 8.76. The number of nitriles is 1. The molecule has 126 valence electrons. The third-order valence-electron chi connectivity index (χ3n) is 4.79. The molecule has 1 aromatic heterocycles. The van der Waals surface area contributed by atoms with Crippen molar-refractivity contribution in [2.45, 2.75) is 71.4 Å². The number of carbonyl (C=O) groups is 1. The molecule has 1 aromatic rings. The zero-order chi connectivity index (χ0) is 16.8. The highest BCUT2D eigenvalue weighted by atomic mass is 16.2. The van der Waals surface area contributed by atoms with Crippen molar-refractivity contribution >= 4 is 11.6 Å². The molecule has 1 aliphatic heterocycles. The number of likely N-dealkylation sites (tertiary alicyclic amines) is 1. The van der Waals surface area contributed by atoms with Crippen LogP contribution < -0.4 is 5.73 Å². The van der Waals surface area contributed by atoms with E-state index in [1.807, 2.05) is 9.47 Å². The van der Waals surface area contributed by atoms with E-state index in [-0.39, 0.29) is 12.5 Å². The van der Waals surface area contributed by atoms with Gasteiger partial charge in [-0.1, -0.05) is 19.8 Å². The number of nitrogen functional groups attached to an aromatic ring is 1. The van der Waals surface area contributed by atoms with Gasteiger partial charge in [-0.15, -0.1) is 0 Å². The summed E-state index contributed by atoms with van der Waals surface area (Å²) < 4.78 is 1.83. The minimum atomic E-state index is 0.0982. The number of unbranched alkanes of at least 4 members (excludes halogenated alkanes) is 2. The van der Waals surface area contributed by atoms with E-state index < -0.39 is 0 Å². The van der Waals surface area contributed by atoms with Crippen molar-refractivity contribution in [3.05, 3.63) is 17.5 Å². The summed E-state index contributed by atoms with van der Waals surface area (Å²) in [5.74, 6) is 0.0982. The third-order valence-corrected chi connectivity index (χ3v) is 4.79. The van der Waals surface area contributed by atoms with Crippen LogP contribution in [0, 0.1) is 11.3 Å². The first-order valence-electron chi connectivity index (χ1n) is 8.76. The highest BCUT2D eigenvalue weighted by Gasteiger charge is 2.25. The minimum Gasteiger partial charge on any atom is -0.397 e. The van der Waals surface area contributed by atoms with Crippen molar-refractivity contribution in [2.75, 3.05) is 12.3 Å². The Morgan fingerprint density at radius 1 is 1.43 bits per heavy atom. The number of rotatable bonds is 6. The molecule has 0 radical (unpaired) electrons. The molecule has 1 atom stereocenters. The second-order valence-electron chi connectivity index (χ2n) is 6.52. The molecule has 0 bridgehead atoms. The number of nitrogens with two attached hydrogens (primary N) is 1. The fourth-order valence-corrected chi connectivity index (χ4v) is 3.40. The lowest BCUT2D eigenvalue weighted by Crippen LogP contribution is -2.43. The maximum atomic E-state index is 12.7. The highest BCUT2D eigenvalue weighted by molar-refractivity contribution is 5.77. The molecule has 1 aliphatic rings. The van der Waals surface area contributed by atoms with Crippen LogP contribution in [0.3, 0.4) is 0 Å². The van der Waals surface area contributed by atoms with Gasteiger partial charge in [0, 0.05) is 18.3 Å². The summed E-state index contributed by atoms with van der Waals surface area (Å²) in [5, 5.41) is 9.35. The molecule has 0 spiro atoms. The molecule has 1 saturated heterocycles. The first kappa shape index (κ1) is 17.4. The minimum absolute atomic E-state index is 0.0982. The summed E-state index contributed by atoms with van der Waals surface area (Å²) in [6, 6.07) is 4.17. The van der Waals surface area contributed by atoms with Crippen LogP contribution in [0.15, 0.2) is 6.07 Å². The summed E-state index contributed by atoms with van der Waals surface area (Å²) in [7, 11) is 0. The number of hydrogen-bond acceptors (Lipinski definition) is 3. The topological polar surface area (TPSA) is 75.0 Å². The molecular weight excluding hydrogens is 288 g/mol. The fraction of sp³-hybridized carbons (Fsp3) is 0.667. The van der Waals surface area contributed by atoms with E-state index in [1.165, 1.54) is 6.42 Å². The third kappa shape index (κ3) is 4.07. The van der Waals surface area contributed by atoms with Gasteiger partial charge in [0.25, 0.3) is 0 Å². The SMILES string of the molecule is CCCCCc1c(N)cc(C#N)n1CC(=O)N1CCCCC1C. The predicted octanol–water partition coefficient (Wildman–Crippen LogP) is 3.08. The van der Waals surface area contributed by atoms with Crippen LogP contribution in [0.2, 0.25) is 0 Å². The van der Waals surface area contributed by atoms with Gasteiger partial charge in [0.05, 0.1) is 5.69 Å². The molecule has 1 unspecified atom stereocenters. The smallest absolute Gasteiger partial charge is 0.242 e. The average Bonchev–Trinajstić information content (AvgIpc) is 2.84. The molecular formula is C18H28N4O. The van der Waals surface area contributed by atoms with Crippen LogP contribution in [-0.2, 0) is 17.8 Å². The maximum Gasteiger partial charge on any atom is 0.242 e. The maximum absolute atomic E-state index is 12.7. The number of hydrogen-bond donors (Lipinski definition) is 1. The van der Waals surface area contributed by atoms with E-state index in [1.54, 1.807) is 6.07 Å². The van der Waals surface area contributed by atoms with Gasteiger partial charge >= 0.3 is 0 Å². The number of amides is 1. The van der Waals surface area contributed by atoms with Crippen LogP contribution in [-0.4, -0.2) is 28.0 Å². The monoisotopic (exact) mass is 316 g/mol. The number of nitrogens with zero attached hydrogens (tertiary/aromatic N) is 3. The average molecular weight is 316 g/mol. The molecule has 1 amide bonds. The van der Waals surface area contributed by atoms with E-state index >= 15 is 0 Å². The molecule has 1 fully saturated rings. The second kappa shape index (κ2) is 8.05. The molecule has 2 rings (SSSR count). The zero-order valence-corrected chi connectivity index (χ0v) is 14.3. The molecule has 2 N–H and O–H groups in total. The van der Waals surface area contributed by atoms with Crippen LogP contribution >= 0.6 is 0 Å². The summed E-state index contributed by atoms with van der Waals surface area (Å²) in [6.07, 6.45) is 7.44. The molecule has 23 heavy (non-hydrogen) atoms. The normalized spacial score (nSPS) is 18.0. The van der Waals surface area contributed by atoms with E-state index in [9.17, 15) is 10.1 Å². The number of carbonyl (C=O) groups excluding carboxylic acids is 1. The Hall–Kier alpha value is -1.96. The summed E-state index contributed by atoms with van der Waals surface area (Å²) in [6.45, 7) is 5.31. The van der Waals surface area contributed by atoms with E-state index in [2.05, 4.69) is 19.9 Å². The zero-order valence-electron chi connectivity index (χ0n) is 14.3. The summed E-state index contributed by atoms with van der Waals surface area (Å²) in [4.78, 5) is 14.6. The highest BCUT2D eigenvalue weighted by Crippen LogP contribution is 2.22.